The van der Waals surface area contributed by atoms with Crippen molar-refractivity contribution in [2.45, 2.75) is 70.6 Å². The Morgan fingerprint density at radius 2 is 2.04 bits per heavy atom. The molecule has 4 nitrogen and oxygen atoms in total. The van der Waals surface area contributed by atoms with E-state index in [1.807, 2.05) is 0 Å². The summed E-state index contributed by atoms with van der Waals surface area (Å²) in [5, 5.41) is 6.58. The molecule has 0 spiro atoms. The zero-order valence-corrected chi connectivity index (χ0v) is 14.5. The number of hydrogen-bond acceptors (Lipinski definition) is 2. The fraction of sp³-hybridized carbons (Fsp3) is 0.938. The average molecular weight is 336 g/mol. The maximum atomic E-state index is 12.4. The van der Waals surface area contributed by atoms with Gasteiger partial charge in [0.15, 0.2) is 5.96 Å². The quantitative estimate of drug-likeness (QED) is 0.406. The van der Waals surface area contributed by atoms with Gasteiger partial charge in [-0.15, -0.1) is 0 Å². The maximum absolute atomic E-state index is 12.4. The number of hydrogen-bond donors (Lipinski definition) is 2. The van der Waals surface area contributed by atoms with E-state index in [9.17, 15) is 13.2 Å². The molecule has 1 aliphatic rings. The van der Waals surface area contributed by atoms with Crippen molar-refractivity contribution in [1.29, 1.82) is 0 Å². The molecule has 1 fully saturated rings. The van der Waals surface area contributed by atoms with Crippen LogP contribution >= 0.6 is 0 Å². The first-order valence-corrected chi connectivity index (χ1v) is 8.63. The summed E-state index contributed by atoms with van der Waals surface area (Å²) >= 11 is 0. The largest absolute Gasteiger partial charge is 0.401 e. The van der Waals surface area contributed by atoms with Crippen LogP contribution in [0.15, 0.2) is 4.99 Å². The summed E-state index contributed by atoms with van der Waals surface area (Å²) in [5.74, 6) is 0.687. The van der Waals surface area contributed by atoms with Crippen molar-refractivity contribution in [3.05, 3.63) is 0 Å². The first-order valence-electron chi connectivity index (χ1n) is 8.63. The van der Waals surface area contributed by atoms with Gasteiger partial charge in [-0.05, 0) is 19.8 Å². The third-order valence-electron chi connectivity index (χ3n) is 4.11. The molecule has 1 heterocycles. The van der Waals surface area contributed by atoms with Crippen LogP contribution in [-0.2, 0) is 0 Å². The predicted molar refractivity (Wildman–Crippen MR) is 88.8 cm³/mol. The van der Waals surface area contributed by atoms with Gasteiger partial charge in [-0.1, -0.05) is 32.6 Å². The summed E-state index contributed by atoms with van der Waals surface area (Å²) in [6.07, 6.45) is 2.57. The van der Waals surface area contributed by atoms with Crippen LogP contribution < -0.4 is 10.6 Å². The molecule has 0 aromatic heterocycles. The molecular weight excluding hydrogens is 305 g/mol. The van der Waals surface area contributed by atoms with Crippen molar-refractivity contribution in [3.63, 3.8) is 0 Å². The molecular formula is C16H31F3N4. The highest BCUT2D eigenvalue weighted by Gasteiger charge is 2.34. The van der Waals surface area contributed by atoms with E-state index < -0.39 is 12.7 Å². The monoisotopic (exact) mass is 336 g/mol. The predicted octanol–water partition coefficient (Wildman–Crippen LogP) is 3.15. The summed E-state index contributed by atoms with van der Waals surface area (Å²) in [6, 6.07) is 0.335. The third kappa shape index (κ3) is 9.03. The number of guanidine groups is 1. The number of likely N-dealkylation sites (tertiary alicyclic amines) is 1. The Labute approximate surface area is 137 Å². The number of halogens is 3. The summed E-state index contributed by atoms with van der Waals surface area (Å²) < 4.78 is 37.2. The van der Waals surface area contributed by atoms with E-state index in [0.29, 0.717) is 31.5 Å². The van der Waals surface area contributed by atoms with Gasteiger partial charge < -0.3 is 10.6 Å². The number of rotatable bonds is 8. The van der Waals surface area contributed by atoms with Gasteiger partial charge >= 0.3 is 6.18 Å². The van der Waals surface area contributed by atoms with Crippen molar-refractivity contribution in [3.8, 4) is 0 Å². The van der Waals surface area contributed by atoms with E-state index in [1.165, 1.54) is 30.6 Å². The summed E-state index contributed by atoms with van der Waals surface area (Å²) in [6.45, 7) is 4.36. The second kappa shape index (κ2) is 10.0. The van der Waals surface area contributed by atoms with Crippen LogP contribution in [0.4, 0.5) is 13.2 Å². The maximum Gasteiger partial charge on any atom is 0.401 e. The normalized spacial score (nSPS) is 21.5. The van der Waals surface area contributed by atoms with Crippen LogP contribution in [0, 0.1) is 0 Å². The highest BCUT2D eigenvalue weighted by atomic mass is 19.4. The fourth-order valence-electron chi connectivity index (χ4n) is 2.89. The average Bonchev–Trinajstić information content (AvgIpc) is 2.87. The third-order valence-corrected chi connectivity index (χ3v) is 4.11. The van der Waals surface area contributed by atoms with E-state index in [2.05, 4.69) is 29.5 Å². The standard InChI is InChI=1S/C16H31F3N4/c1-4-5-6-7-8-13(2)21-15(20-3)22-14-9-10-23(11-14)12-16(17,18)19/h13-14H,4-12H2,1-3H3,(H2,20,21,22). The van der Waals surface area contributed by atoms with E-state index >= 15 is 0 Å². The lowest BCUT2D eigenvalue weighted by Gasteiger charge is -2.22. The number of unbranched alkanes of at least 4 members (excludes halogenated alkanes) is 3. The van der Waals surface area contributed by atoms with Crippen molar-refractivity contribution >= 4 is 5.96 Å². The molecule has 0 bridgehead atoms. The van der Waals surface area contributed by atoms with Gasteiger partial charge in [-0.2, -0.15) is 13.2 Å². The molecule has 1 saturated heterocycles. The van der Waals surface area contributed by atoms with Gasteiger partial charge in [-0.3, -0.25) is 9.89 Å². The van der Waals surface area contributed by atoms with Crippen LogP contribution in [0.5, 0.6) is 0 Å². The van der Waals surface area contributed by atoms with E-state index in [0.717, 1.165) is 6.42 Å². The van der Waals surface area contributed by atoms with E-state index in [1.54, 1.807) is 7.05 Å². The first-order chi connectivity index (χ1) is 10.8. The van der Waals surface area contributed by atoms with Crippen molar-refractivity contribution in [1.82, 2.24) is 15.5 Å². The molecule has 0 amide bonds. The second-order valence-corrected chi connectivity index (χ2v) is 6.45. The van der Waals surface area contributed by atoms with Crippen molar-refractivity contribution < 1.29 is 13.2 Å². The lowest BCUT2D eigenvalue weighted by Crippen LogP contribution is -2.47. The van der Waals surface area contributed by atoms with Crippen LogP contribution in [0.1, 0.15) is 52.4 Å². The lowest BCUT2D eigenvalue weighted by atomic mass is 10.1. The van der Waals surface area contributed by atoms with Crippen LogP contribution in [-0.4, -0.2) is 55.8 Å². The topological polar surface area (TPSA) is 39.7 Å². The smallest absolute Gasteiger partial charge is 0.354 e. The van der Waals surface area contributed by atoms with Gasteiger partial charge in [0.2, 0.25) is 0 Å². The first kappa shape index (κ1) is 20.1. The molecule has 136 valence electrons. The lowest BCUT2D eigenvalue weighted by molar-refractivity contribution is -0.143. The number of nitrogens with one attached hydrogen (secondary N) is 2. The highest BCUT2D eigenvalue weighted by Crippen LogP contribution is 2.19. The van der Waals surface area contributed by atoms with Gasteiger partial charge in [0.25, 0.3) is 0 Å². The van der Waals surface area contributed by atoms with E-state index in [4.69, 9.17) is 0 Å². The van der Waals surface area contributed by atoms with Crippen LogP contribution in [0.25, 0.3) is 0 Å². The Balaban J connectivity index is 2.29. The van der Waals surface area contributed by atoms with E-state index in [-0.39, 0.29) is 6.04 Å². The zero-order chi connectivity index (χ0) is 17.3. The fourth-order valence-corrected chi connectivity index (χ4v) is 2.89. The van der Waals surface area contributed by atoms with Gasteiger partial charge in [0.1, 0.15) is 0 Å². The molecule has 1 rings (SSSR count). The van der Waals surface area contributed by atoms with Crippen LogP contribution in [0.2, 0.25) is 0 Å². The molecule has 23 heavy (non-hydrogen) atoms. The van der Waals surface area contributed by atoms with Gasteiger partial charge in [-0.25, -0.2) is 0 Å². The molecule has 2 unspecified atom stereocenters. The van der Waals surface area contributed by atoms with Crippen LogP contribution in [0.3, 0.4) is 0 Å². The minimum absolute atomic E-state index is 0.0239. The van der Waals surface area contributed by atoms with Gasteiger partial charge in [0.05, 0.1) is 6.54 Å². The van der Waals surface area contributed by atoms with Gasteiger partial charge in [0, 0.05) is 32.2 Å². The number of nitrogens with zero attached hydrogens (tertiary/aromatic N) is 2. The minimum atomic E-state index is -4.12. The second-order valence-electron chi connectivity index (χ2n) is 6.45. The Bertz CT molecular complexity index is 358. The molecule has 2 atom stereocenters. The number of alkyl halides is 3. The zero-order valence-electron chi connectivity index (χ0n) is 14.5. The number of aliphatic imine (C=N–C) groups is 1. The van der Waals surface area contributed by atoms with Crippen molar-refractivity contribution in [2.24, 2.45) is 4.99 Å². The molecule has 0 radical (unpaired) electrons. The Morgan fingerprint density at radius 1 is 1.30 bits per heavy atom. The van der Waals surface area contributed by atoms with Crippen molar-refractivity contribution in [2.75, 3.05) is 26.7 Å². The molecule has 0 aliphatic carbocycles. The Kier molecular flexibility index (Phi) is 8.73. The summed E-state index contributed by atoms with van der Waals surface area (Å²) in [5.41, 5.74) is 0. The molecule has 7 heteroatoms. The molecule has 1 aliphatic heterocycles. The molecule has 0 aromatic carbocycles. The SMILES string of the molecule is CCCCCCC(C)NC(=NC)NC1CCN(CC(F)(F)F)C1. The Hall–Kier alpha value is -0.980. The summed E-state index contributed by atoms with van der Waals surface area (Å²) in [7, 11) is 1.70. The Morgan fingerprint density at radius 3 is 2.65 bits per heavy atom. The summed E-state index contributed by atoms with van der Waals surface area (Å²) in [4.78, 5) is 5.63. The molecule has 0 saturated carbocycles. The minimum Gasteiger partial charge on any atom is -0.354 e. The molecule has 0 aromatic rings. The molecule has 2 N–H and O–H groups in total. The highest BCUT2D eigenvalue weighted by molar-refractivity contribution is 5.80.